The van der Waals surface area contributed by atoms with Crippen LogP contribution in [0.4, 0.5) is 17.5 Å². The molecule has 0 unspecified atom stereocenters. The summed E-state index contributed by atoms with van der Waals surface area (Å²) < 4.78 is 5.22. The van der Waals surface area contributed by atoms with Crippen LogP contribution in [0.25, 0.3) is 11.3 Å². The molecule has 4 rings (SSSR count). The lowest BCUT2D eigenvalue weighted by Gasteiger charge is -2.12. The van der Waals surface area contributed by atoms with Crippen LogP contribution in [0.1, 0.15) is 5.56 Å². The highest BCUT2D eigenvalue weighted by molar-refractivity contribution is 5.66. The minimum Gasteiger partial charge on any atom is -0.497 e. The van der Waals surface area contributed by atoms with Gasteiger partial charge in [-0.15, -0.1) is 0 Å². The number of nitrogens with one attached hydrogen (secondary N) is 2. The summed E-state index contributed by atoms with van der Waals surface area (Å²) >= 11 is 0. The number of rotatable bonds is 7. The van der Waals surface area contributed by atoms with Crippen molar-refractivity contribution >= 4 is 17.5 Å². The van der Waals surface area contributed by atoms with Gasteiger partial charge in [0.05, 0.1) is 12.8 Å². The van der Waals surface area contributed by atoms with Gasteiger partial charge in [0.1, 0.15) is 11.6 Å². The maximum Gasteiger partial charge on any atom is 0.229 e. The molecule has 1 aromatic heterocycles. The van der Waals surface area contributed by atoms with Gasteiger partial charge in [-0.05, 0) is 29.8 Å². The third kappa shape index (κ3) is 4.90. The number of hydrogen-bond donors (Lipinski definition) is 2. The lowest BCUT2D eigenvalue weighted by atomic mass is 10.1. The van der Waals surface area contributed by atoms with Gasteiger partial charge in [0.15, 0.2) is 0 Å². The van der Waals surface area contributed by atoms with Gasteiger partial charge in [-0.25, -0.2) is 4.98 Å². The number of aromatic nitrogens is 2. The summed E-state index contributed by atoms with van der Waals surface area (Å²) in [5.74, 6) is 2.10. The van der Waals surface area contributed by atoms with E-state index in [0.717, 1.165) is 28.5 Å². The second kappa shape index (κ2) is 8.89. The minimum absolute atomic E-state index is 0.534. The minimum atomic E-state index is 0.534. The van der Waals surface area contributed by atoms with Crippen molar-refractivity contribution in [3.8, 4) is 17.0 Å². The fraction of sp³-hybridized carbons (Fsp3) is 0.0833. The Labute approximate surface area is 170 Å². The van der Waals surface area contributed by atoms with Gasteiger partial charge in [-0.2, -0.15) is 4.98 Å². The van der Waals surface area contributed by atoms with Crippen molar-refractivity contribution in [1.29, 1.82) is 0 Å². The highest BCUT2D eigenvalue weighted by atomic mass is 16.5. The predicted molar refractivity (Wildman–Crippen MR) is 118 cm³/mol. The molecule has 0 saturated carbocycles. The molecule has 0 spiro atoms. The highest BCUT2D eigenvalue weighted by Gasteiger charge is 2.08. The summed E-state index contributed by atoms with van der Waals surface area (Å²) in [5, 5.41) is 6.69. The van der Waals surface area contributed by atoms with Crippen molar-refractivity contribution in [3.05, 3.63) is 96.6 Å². The van der Waals surface area contributed by atoms with Crippen molar-refractivity contribution in [1.82, 2.24) is 9.97 Å². The van der Waals surface area contributed by atoms with Crippen LogP contribution < -0.4 is 15.4 Å². The van der Waals surface area contributed by atoms with Crippen molar-refractivity contribution in [3.63, 3.8) is 0 Å². The number of nitrogens with zero attached hydrogens (tertiary/aromatic N) is 2. The molecule has 0 aliphatic heterocycles. The molecular formula is C24H22N4O. The first kappa shape index (κ1) is 18.5. The van der Waals surface area contributed by atoms with Gasteiger partial charge in [0.2, 0.25) is 5.95 Å². The number of hydrogen-bond acceptors (Lipinski definition) is 5. The molecule has 29 heavy (non-hydrogen) atoms. The monoisotopic (exact) mass is 382 g/mol. The van der Waals surface area contributed by atoms with Crippen molar-refractivity contribution in [2.24, 2.45) is 0 Å². The van der Waals surface area contributed by atoms with Gasteiger partial charge in [0, 0.05) is 23.9 Å². The van der Waals surface area contributed by atoms with Crippen LogP contribution in [0.5, 0.6) is 5.75 Å². The van der Waals surface area contributed by atoms with Gasteiger partial charge in [-0.1, -0.05) is 60.7 Å². The Kier molecular flexibility index (Phi) is 5.67. The van der Waals surface area contributed by atoms with Crippen LogP contribution in [0.3, 0.4) is 0 Å². The van der Waals surface area contributed by atoms with Crippen molar-refractivity contribution in [2.75, 3.05) is 17.7 Å². The number of ether oxygens (including phenoxy) is 1. The summed E-state index contributed by atoms with van der Waals surface area (Å²) in [7, 11) is 1.65. The molecule has 0 aliphatic carbocycles. The number of benzene rings is 3. The van der Waals surface area contributed by atoms with E-state index in [1.54, 1.807) is 7.11 Å². The zero-order chi connectivity index (χ0) is 19.9. The van der Waals surface area contributed by atoms with E-state index in [0.29, 0.717) is 12.5 Å². The maximum atomic E-state index is 5.22. The molecule has 0 radical (unpaired) electrons. The average Bonchev–Trinajstić information content (AvgIpc) is 2.79. The van der Waals surface area contributed by atoms with Gasteiger partial charge >= 0.3 is 0 Å². The normalized spacial score (nSPS) is 10.4. The largest absolute Gasteiger partial charge is 0.497 e. The van der Waals surface area contributed by atoms with E-state index >= 15 is 0 Å². The first-order valence-corrected chi connectivity index (χ1v) is 9.43. The Hall–Kier alpha value is -3.86. The smallest absolute Gasteiger partial charge is 0.229 e. The van der Waals surface area contributed by atoms with Crippen LogP contribution in [0, 0.1) is 0 Å². The van der Waals surface area contributed by atoms with E-state index < -0.39 is 0 Å². The van der Waals surface area contributed by atoms with Crippen LogP contribution in [0.2, 0.25) is 0 Å². The second-order valence-corrected chi connectivity index (χ2v) is 6.52. The molecule has 0 fully saturated rings. The Morgan fingerprint density at radius 2 is 1.48 bits per heavy atom. The third-order valence-corrected chi connectivity index (χ3v) is 4.46. The summed E-state index contributed by atoms with van der Waals surface area (Å²) in [4.78, 5) is 9.35. The third-order valence-electron chi connectivity index (χ3n) is 4.46. The lowest BCUT2D eigenvalue weighted by Crippen LogP contribution is -2.05. The van der Waals surface area contributed by atoms with Crippen molar-refractivity contribution in [2.45, 2.75) is 6.54 Å². The van der Waals surface area contributed by atoms with Crippen LogP contribution >= 0.6 is 0 Å². The van der Waals surface area contributed by atoms with Crippen LogP contribution in [-0.4, -0.2) is 17.1 Å². The molecule has 0 amide bonds. The molecule has 0 atom stereocenters. The molecule has 5 nitrogen and oxygen atoms in total. The van der Waals surface area contributed by atoms with Gasteiger partial charge in [0.25, 0.3) is 0 Å². The summed E-state index contributed by atoms with van der Waals surface area (Å²) in [6, 6.07) is 30.0. The molecule has 4 aromatic rings. The molecule has 0 saturated heterocycles. The molecule has 3 aromatic carbocycles. The fourth-order valence-electron chi connectivity index (χ4n) is 2.94. The van der Waals surface area contributed by atoms with E-state index in [9.17, 15) is 0 Å². The first-order chi connectivity index (χ1) is 14.3. The summed E-state index contributed by atoms with van der Waals surface area (Å²) in [6.07, 6.45) is 0. The molecule has 0 aliphatic rings. The SMILES string of the molecule is COc1ccc(Nc2nc(NCc3ccccc3)cc(-c3ccccc3)n2)cc1. The molecule has 144 valence electrons. The standard InChI is InChI=1S/C24H22N4O/c1-29-21-14-12-20(13-15-21)26-24-27-22(19-10-6-3-7-11-19)16-23(28-24)25-17-18-8-4-2-5-9-18/h2-16H,17H2,1H3,(H2,25,26,27,28). The Bertz CT molecular complexity index is 1050. The maximum absolute atomic E-state index is 5.22. The zero-order valence-corrected chi connectivity index (χ0v) is 16.2. The molecular weight excluding hydrogens is 360 g/mol. The van der Waals surface area contributed by atoms with E-state index in [2.05, 4.69) is 27.8 Å². The quantitative estimate of drug-likeness (QED) is 0.441. The predicted octanol–water partition coefficient (Wildman–Crippen LogP) is 5.51. The van der Waals surface area contributed by atoms with E-state index in [-0.39, 0.29) is 0 Å². The molecule has 1 heterocycles. The fourth-order valence-corrected chi connectivity index (χ4v) is 2.94. The van der Waals surface area contributed by atoms with Crippen molar-refractivity contribution < 1.29 is 4.74 Å². The topological polar surface area (TPSA) is 59.1 Å². The molecule has 0 bridgehead atoms. The van der Waals surface area contributed by atoms with Gasteiger partial charge < -0.3 is 15.4 Å². The van der Waals surface area contributed by atoms with Crippen LogP contribution in [-0.2, 0) is 6.54 Å². The Morgan fingerprint density at radius 1 is 0.793 bits per heavy atom. The van der Waals surface area contributed by atoms with E-state index in [1.807, 2.05) is 78.9 Å². The van der Waals surface area contributed by atoms with E-state index in [4.69, 9.17) is 9.72 Å². The Morgan fingerprint density at radius 3 is 2.17 bits per heavy atom. The molecule has 2 N–H and O–H groups in total. The number of methoxy groups -OCH3 is 1. The van der Waals surface area contributed by atoms with E-state index in [1.165, 1.54) is 5.56 Å². The lowest BCUT2D eigenvalue weighted by molar-refractivity contribution is 0.415. The summed E-state index contributed by atoms with van der Waals surface area (Å²) in [5.41, 5.74) is 3.98. The highest BCUT2D eigenvalue weighted by Crippen LogP contribution is 2.24. The zero-order valence-electron chi connectivity index (χ0n) is 16.2. The average molecular weight is 382 g/mol. The van der Waals surface area contributed by atoms with Gasteiger partial charge in [-0.3, -0.25) is 0 Å². The first-order valence-electron chi connectivity index (χ1n) is 9.43. The van der Waals surface area contributed by atoms with Crippen LogP contribution in [0.15, 0.2) is 91.0 Å². The molecule has 5 heteroatoms. The Balaban J connectivity index is 1.62. The second-order valence-electron chi connectivity index (χ2n) is 6.52. The number of anilines is 3. The summed E-state index contributed by atoms with van der Waals surface area (Å²) in [6.45, 7) is 0.689.